The molecule has 0 aliphatic carbocycles. The minimum atomic E-state index is -2.23. The van der Waals surface area contributed by atoms with Crippen molar-refractivity contribution in [2.75, 3.05) is 19.6 Å². The summed E-state index contributed by atoms with van der Waals surface area (Å²) in [6.07, 6.45) is -1.28. The third-order valence-electron chi connectivity index (χ3n) is 2.16. The van der Waals surface area contributed by atoms with Crippen molar-refractivity contribution in [3.63, 3.8) is 0 Å². The molecule has 2 N–H and O–H groups in total. The van der Waals surface area contributed by atoms with E-state index < -0.39 is 6.43 Å². The first-order valence-corrected chi connectivity index (χ1v) is 4.34. The van der Waals surface area contributed by atoms with E-state index in [9.17, 15) is 8.78 Å². The lowest BCUT2D eigenvalue weighted by Crippen LogP contribution is -2.47. The molecular weight excluding hydrogens is 162 g/mol. The van der Waals surface area contributed by atoms with Crippen LogP contribution in [0.25, 0.3) is 0 Å². The molecule has 0 radical (unpaired) electrons. The maximum Gasteiger partial charge on any atom is 0.251 e. The van der Waals surface area contributed by atoms with Gasteiger partial charge in [0.15, 0.2) is 0 Å². The van der Waals surface area contributed by atoms with Crippen LogP contribution in [0.4, 0.5) is 8.78 Å². The Morgan fingerprint density at radius 1 is 1.50 bits per heavy atom. The van der Waals surface area contributed by atoms with Gasteiger partial charge in [0.1, 0.15) is 0 Å². The molecule has 0 aromatic carbocycles. The molecule has 4 heteroatoms. The summed E-state index contributed by atoms with van der Waals surface area (Å²) in [5, 5.41) is 0. The van der Waals surface area contributed by atoms with Gasteiger partial charge < -0.3 is 5.73 Å². The fourth-order valence-electron chi connectivity index (χ4n) is 1.86. The minimum absolute atomic E-state index is 0.0764. The second kappa shape index (κ2) is 4.14. The number of hydrogen-bond donors (Lipinski definition) is 1. The molecular formula is C8H16F2N2. The maximum atomic E-state index is 12.0. The second-order valence-corrected chi connectivity index (χ2v) is 3.71. The van der Waals surface area contributed by atoms with Crippen LogP contribution in [0, 0.1) is 5.92 Å². The minimum Gasteiger partial charge on any atom is -0.327 e. The molecule has 1 fully saturated rings. The molecule has 1 saturated heterocycles. The van der Waals surface area contributed by atoms with E-state index in [-0.39, 0.29) is 12.6 Å². The zero-order valence-corrected chi connectivity index (χ0v) is 7.34. The summed E-state index contributed by atoms with van der Waals surface area (Å²) in [4.78, 5) is 1.75. The van der Waals surface area contributed by atoms with Gasteiger partial charge >= 0.3 is 0 Å². The van der Waals surface area contributed by atoms with Crippen molar-refractivity contribution in [3.8, 4) is 0 Å². The van der Waals surface area contributed by atoms with E-state index in [0.717, 1.165) is 13.0 Å². The lowest BCUT2D eigenvalue weighted by Gasteiger charge is -2.34. The van der Waals surface area contributed by atoms with E-state index in [1.165, 1.54) is 0 Å². The molecule has 0 aromatic heterocycles. The predicted molar refractivity (Wildman–Crippen MR) is 44.2 cm³/mol. The van der Waals surface area contributed by atoms with Gasteiger partial charge in [-0.3, -0.25) is 4.90 Å². The van der Waals surface area contributed by atoms with Crippen LogP contribution in [0.1, 0.15) is 13.3 Å². The average molecular weight is 178 g/mol. The van der Waals surface area contributed by atoms with E-state index in [1.54, 1.807) is 4.90 Å². The SMILES string of the molecule is CC1CC(N)CN(CC(F)F)C1. The molecule has 1 heterocycles. The van der Waals surface area contributed by atoms with Crippen molar-refractivity contribution in [2.24, 2.45) is 11.7 Å². The molecule has 2 unspecified atom stereocenters. The normalized spacial score (nSPS) is 32.8. The zero-order valence-electron chi connectivity index (χ0n) is 7.34. The van der Waals surface area contributed by atoms with Gasteiger partial charge in [-0.25, -0.2) is 8.78 Å². The molecule has 2 nitrogen and oxygen atoms in total. The Hall–Kier alpha value is -0.220. The summed E-state index contributed by atoms with van der Waals surface area (Å²) in [5.41, 5.74) is 5.70. The Balaban J connectivity index is 2.34. The van der Waals surface area contributed by atoms with E-state index in [4.69, 9.17) is 5.73 Å². The molecule has 0 saturated carbocycles. The van der Waals surface area contributed by atoms with Gasteiger partial charge in [-0.05, 0) is 12.3 Å². The van der Waals surface area contributed by atoms with Gasteiger partial charge in [-0.1, -0.05) is 6.92 Å². The van der Waals surface area contributed by atoms with Crippen LogP contribution in [0.15, 0.2) is 0 Å². The number of rotatable bonds is 2. The fourth-order valence-corrected chi connectivity index (χ4v) is 1.86. The maximum absolute atomic E-state index is 12.0. The lowest BCUT2D eigenvalue weighted by atomic mass is 9.97. The van der Waals surface area contributed by atoms with Crippen molar-refractivity contribution in [1.29, 1.82) is 0 Å². The number of nitrogens with two attached hydrogens (primary N) is 1. The first-order valence-electron chi connectivity index (χ1n) is 4.34. The molecule has 0 aromatic rings. The third-order valence-corrected chi connectivity index (χ3v) is 2.16. The van der Waals surface area contributed by atoms with Crippen LogP contribution in [-0.2, 0) is 0 Å². The molecule has 2 atom stereocenters. The molecule has 1 rings (SSSR count). The molecule has 0 amide bonds. The van der Waals surface area contributed by atoms with Crippen LogP contribution in [-0.4, -0.2) is 37.0 Å². The van der Waals surface area contributed by atoms with Crippen molar-refractivity contribution < 1.29 is 8.78 Å². The van der Waals surface area contributed by atoms with Crippen molar-refractivity contribution in [1.82, 2.24) is 4.90 Å². The van der Waals surface area contributed by atoms with Crippen LogP contribution in [0.5, 0.6) is 0 Å². The summed E-state index contributed by atoms with van der Waals surface area (Å²) in [5.74, 6) is 0.451. The molecule has 1 aliphatic heterocycles. The number of alkyl halides is 2. The lowest BCUT2D eigenvalue weighted by molar-refractivity contribution is 0.0620. The Morgan fingerprint density at radius 2 is 2.17 bits per heavy atom. The van der Waals surface area contributed by atoms with Gasteiger partial charge in [0, 0.05) is 19.1 Å². The predicted octanol–water partition coefficient (Wildman–Crippen LogP) is 0.921. The highest BCUT2D eigenvalue weighted by Crippen LogP contribution is 2.15. The quantitative estimate of drug-likeness (QED) is 0.681. The Labute approximate surface area is 71.7 Å². The number of hydrogen-bond acceptors (Lipinski definition) is 2. The van der Waals surface area contributed by atoms with Gasteiger partial charge in [0.2, 0.25) is 0 Å². The highest BCUT2D eigenvalue weighted by molar-refractivity contribution is 4.79. The largest absolute Gasteiger partial charge is 0.327 e. The van der Waals surface area contributed by atoms with Crippen LogP contribution in [0.2, 0.25) is 0 Å². The van der Waals surface area contributed by atoms with E-state index in [1.807, 2.05) is 0 Å². The topological polar surface area (TPSA) is 29.3 Å². The molecule has 0 spiro atoms. The van der Waals surface area contributed by atoms with E-state index in [0.29, 0.717) is 12.5 Å². The number of nitrogens with zero attached hydrogens (tertiary/aromatic N) is 1. The average Bonchev–Trinajstić information content (AvgIpc) is 1.81. The van der Waals surface area contributed by atoms with E-state index >= 15 is 0 Å². The van der Waals surface area contributed by atoms with Crippen molar-refractivity contribution in [2.45, 2.75) is 25.8 Å². The van der Waals surface area contributed by atoms with Crippen molar-refractivity contribution in [3.05, 3.63) is 0 Å². The smallest absolute Gasteiger partial charge is 0.251 e. The fraction of sp³-hybridized carbons (Fsp3) is 1.00. The summed E-state index contributed by atoms with van der Waals surface area (Å²) >= 11 is 0. The zero-order chi connectivity index (χ0) is 9.14. The molecule has 12 heavy (non-hydrogen) atoms. The first kappa shape index (κ1) is 9.86. The van der Waals surface area contributed by atoms with Gasteiger partial charge in [0.05, 0.1) is 6.54 Å². The van der Waals surface area contributed by atoms with Crippen LogP contribution in [0.3, 0.4) is 0 Å². The van der Waals surface area contributed by atoms with Crippen molar-refractivity contribution >= 4 is 0 Å². The van der Waals surface area contributed by atoms with Gasteiger partial charge in [0.25, 0.3) is 6.43 Å². The van der Waals surface area contributed by atoms with Gasteiger partial charge in [-0.2, -0.15) is 0 Å². The molecule has 1 aliphatic rings. The summed E-state index contributed by atoms with van der Waals surface area (Å²) in [6.45, 7) is 3.31. The third kappa shape index (κ3) is 3.03. The second-order valence-electron chi connectivity index (χ2n) is 3.71. The summed E-state index contributed by atoms with van der Waals surface area (Å²) in [6, 6.07) is 0.0764. The van der Waals surface area contributed by atoms with Crippen LogP contribution < -0.4 is 5.73 Å². The Kier molecular flexibility index (Phi) is 3.40. The van der Waals surface area contributed by atoms with Crippen LogP contribution >= 0.6 is 0 Å². The monoisotopic (exact) mass is 178 g/mol. The standard InChI is InChI=1S/C8H16F2N2/c1-6-2-7(11)4-12(3-6)5-8(9)10/h6-8H,2-5,11H2,1H3. The summed E-state index contributed by atoms with van der Waals surface area (Å²) in [7, 11) is 0. The van der Waals surface area contributed by atoms with E-state index in [2.05, 4.69) is 6.92 Å². The summed E-state index contributed by atoms with van der Waals surface area (Å²) < 4.78 is 24.0. The first-order chi connectivity index (χ1) is 5.58. The Morgan fingerprint density at radius 3 is 2.67 bits per heavy atom. The highest BCUT2D eigenvalue weighted by Gasteiger charge is 2.23. The highest BCUT2D eigenvalue weighted by atomic mass is 19.3. The Bertz CT molecular complexity index is 128. The molecule has 72 valence electrons. The molecule has 0 bridgehead atoms. The number of piperidine rings is 1. The number of halogens is 2. The number of likely N-dealkylation sites (tertiary alicyclic amines) is 1. The van der Waals surface area contributed by atoms with Gasteiger partial charge in [-0.15, -0.1) is 0 Å².